The van der Waals surface area contributed by atoms with Gasteiger partial charge in [0.15, 0.2) is 0 Å². The van der Waals surface area contributed by atoms with Crippen LogP contribution in [0.1, 0.15) is 31.4 Å². The van der Waals surface area contributed by atoms with Gasteiger partial charge in [-0.25, -0.2) is 0 Å². The molecule has 98 valence electrons. The fourth-order valence-electron chi connectivity index (χ4n) is 1.32. The minimum atomic E-state index is 0.255. The van der Waals surface area contributed by atoms with Crippen molar-refractivity contribution >= 4 is 17.9 Å². The highest BCUT2D eigenvalue weighted by molar-refractivity contribution is 5.74. The van der Waals surface area contributed by atoms with Gasteiger partial charge in [-0.05, 0) is 18.1 Å². The molecule has 0 atom stereocenters. The minimum Gasteiger partial charge on any atom is -0.300 e. The van der Waals surface area contributed by atoms with Crippen molar-refractivity contribution in [1.82, 2.24) is 0 Å². The Morgan fingerprint density at radius 2 is 1.16 bits per heavy atom. The van der Waals surface area contributed by atoms with Crippen molar-refractivity contribution in [2.45, 2.75) is 20.3 Å². The highest BCUT2D eigenvalue weighted by Crippen LogP contribution is 2.06. The number of Topliss-reactive ketones (excluding diaryl/α,β-unsaturated/α-hetero) is 1. The van der Waals surface area contributed by atoms with E-state index in [0.717, 1.165) is 0 Å². The predicted molar refractivity (Wildman–Crippen MR) is 82.8 cm³/mol. The smallest absolute Gasteiger partial charge is 0.129 e. The van der Waals surface area contributed by atoms with Gasteiger partial charge >= 0.3 is 0 Å². The molecule has 0 saturated heterocycles. The van der Waals surface area contributed by atoms with Crippen LogP contribution in [-0.4, -0.2) is 5.78 Å². The van der Waals surface area contributed by atoms with Crippen molar-refractivity contribution in [3.05, 3.63) is 71.8 Å². The summed E-state index contributed by atoms with van der Waals surface area (Å²) in [6.07, 6.45) is 4.91. The average molecular weight is 252 g/mol. The molecule has 2 rings (SSSR count). The Morgan fingerprint density at radius 3 is 1.42 bits per heavy atom. The molecular formula is C18H20O. The number of rotatable bonds is 3. The summed E-state index contributed by atoms with van der Waals surface area (Å²) < 4.78 is 0. The van der Waals surface area contributed by atoms with Crippen molar-refractivity contribution < 1.29 is 4.79 Å². The Balaban J connectivity index is 0.000000312. The molecule has 2 aromatic rings. The van der Waals surface area contributed by atoms with Crippen molar-refractivity contribution in [2.24, 2.45) is 0 Å². The highest BCUT2D eigenvalue weighted by atomic mass is 16.1. The van der Waals surface area contributed by atoms with Gasteiger partial charge in [-0.2, -0.15) is 0 Å². The molecule has 0 bridgehead atoms. The van der Waals surface area contributed by atoms with E-state index in [-0.39, 0.29) is 5.78 Å². The van der Waals surface area contributed by atoms with Crippen molar-refractivity contribution in [3.8, 4) is 0 Å². The van der Waals surface area contributed by atoms with E-state index in [0.29, 0.717) is 6.42 Å². The standard InChI is InChI=1S/C14H12.C4H8O/c1-3-7-13(8-4-1)11-12-14-9-5-2-6-10-14;1-3-4(2)5/h1-12H;3H2,1-2H3. The van der Waals surface area contributed by atoms with Crippen LogP contribution >= 0.6 is 0 Å². The lowest BCUT2D eigenvalue weighted by atomic mass is 10.1. The van der Waals surface area contributed by atoms with Gasteiger partial charge in [0.25, 0.3) is 0 Å². The summed E-state index contributed by atoms with van der Waals surface area (Å²) >= 11 is 0. The van der Waals surface area contributed by atoms with E-state index in [1.807, 2.05) is 43.3 Å². The Labute approximate surface area is 115 Å². The second-order valence-electron chi connectivity index (χ2n) is 4.21. The van der Waals surface area contributed by atoms with Gasteiger partial charge in [0.2, 0.25) is 0 Å². The normalized spacial score (nSPS) is 9.79. The number of carbonyl (C=O) groups is 1. The molecule has 0 aliphatic rings. The topological polar surface area (TPSA) is 17.1 Å². The zero-order valence-electron chi connectivity index (χ0n) is 11.5. The van der Waals surface area contributed by atoms with E-state index in [2.05, 4.69) is 36.4 Å². The second kappa shape index (κ2) is 8.87. The minimum absolute atomic E-state index is 0.255. The summed E-state index contributed by atoms with van der Waals surface area (Å²) in [5, 5.41) is 0. The van der Waals surface area contributed by atoms with Crippen molar-refractivity contribution in [2.75, 3.05) is 0 Å². The maximum Gasteiger partial charge on any atom is 0.129 e. The summed E-state index contributed by atoms with van der Waals surface area (Å²) in [6.45, 7) is 3.43. The second-order valence-corrected chi connectivity index (χ2v) is 4.21. The lowest BCUT2D eigenvalue weighted by molar-refractivity contribution is -0.116. The van der Waals surface area contributed by atoms with Crippen LogP contribution in [0.25, 0.3) is 12.2 Å². The molecule has 19 heavy (non-hydrogen) atoms. The molecule has 0 N–H and O–H groups in total. The molecule has 0 amide bonds. The first-order chi connectivity index (χ1) is 9.22. The third-order valence-corrected chi connectivity index (χ3v) is 2.57. The van der Waals surface area contributed by atoms with Crippen LogP contribution in [-0.2, 0) is 4.79 Å². The molecule has 0 fully saturated rings. The predicted octanol–water partition coefficient (Wildman–Crippen LogP) is 4.84. The maximum atomic E-state index is 9.81. The first-order valence-corrected chi connectivity index (χ1v) is 6.50. The molecule has 1 heteroatoms. The Hall–Kier alpha value is -2.15. The van der Waals surface area contributed by atoms with E-state index in [1.54, 1.807) is 6.92 Å². The zero-order valence-corrected chi connectivity index (χ0v) is 11.5. The molecule has 0 aliphatic carbocycles. The first-order valence-electron chi connectivity index (χ1n) is 6.50. The lowest BCUT2D eigenvalue weighted by Crippen LogP contribution is -1.80. The first kappa shape index (κ1) is 14.9. The van der Waals surface area contributed by atoms with E-state index < -0.39 is 0 Å². The van der Waals surface area contributed by atoms with E-state index in [1.165, 1.54) is 11.1 Å². The number of hydrogen-bond donors (Lipinski definition) is 0. The molecule has 0 heterocycles. The Kier molecular flexibility index (Phi) is 6.96. The van der Waals surface area contributed by atoms with Crippen LogP contribution in [0.5, 0.6) is 0 Å². The molecule has 0 radical (unpaired) electrons. The molecule has 0 aromatic heterocycles. The van der Waals surface area contributed by atoms with Crippen LogP contribution < -0.4 is 0 Å². The summed E-state index contributed by atoms with van der Waals surface area (Å²) in [5.41, 5.74) is 2.47. The van der Waals surface area contributed by atoms with Gasteiger partial charge in [-0.3, -0.25) is 0 Å². The van der Waals surface area contributed by atoms with Crippen LogP contribution in [0.15, 0.2) is 60.7 Å². The lowest BCUT2D eigenvalue weighted by Gasteiger charge is -1.92. The summed E-state index contributed by atoms with van der Waals surface area (Å²) in [5.74, 6) is 0.255. The van der Waals surface area contributed by atoms with Gasteiger partial charge in [0.05, 0.1) is 0 Å². The summed E-state index contributed by atoms with van der Waals surface area (Å²) in [6, 6.07) is 20.6. The average Bonchev–Trinajstić information content (AvgIpc) is 2.48. The highest BCUT2D eigenvalue weighted by Gasteiger charge is 1.84. The van der Waals surface area contributed by atoms with Gasteiger partial charge in [0, 0.05) is 6.42 Å². The number of benzene rings is 2. The summed E-state index contributed by atoms with van der Waals surface area (Å²) in [4.78, 5) is 9.81. The molecule has 0 spiro atoms. The fraction of sp³-hybridized carbons (Fsp3) is 0.167. The third kappa shape index (κ3) is 6.99. The molecule has 0 saturated carbocycles. The Bertz CT molecular complexity index is 456. The zero-order chi connectivity index (χ0) is 13.9. The molecular weight excluding hydrogens is 232 g/mol. The van der Waals surface area contributed by atoms with E-state index in [9.17, 15) is 4.79 Å². The van der Waals surface area contributed by atoms with Crippen molar-refractivity contribution in [3.63, 3.8) is 0 Å². The SMILES string of the molecule is C(=Cc1ccccc1)c1ccccc1.CCC(C)=O. The van der Waals surface area contributed by atoms with Gasteiger partial charge in [-0.1, -0.05) is 79.7 Å². The number of carbonyl (C=O) groups excluding carboxylic acids is 1. The van der Waals surface area contributed by atoms with E-state index >= 15 is 0 Å². The molecule has 0 unspecified atom stereocenters. The van der Waals surface area contributed by atoms with Gasteiger partial charge in [-0.15, -0.1) is 0 Å². The fourth-order valence-corrected chi connectivity index (χ4v) is 1.32. The monoisotopic (exact) mass is 252 g/mol. The van der Waals surface area contributed by atoms with Crippen LogP contribution in [0.4, 0.5) is 0 Å². The molecule has 2 aromatic carbocycles. The van der Waals surface area contributed by atoms with Crippen molar-refractivity contribution in [1.29, 1.82) is 0 Å². The van der Waals surface area contributed by atoms with Crippen LogP contribution in [0, 0.1) is 0 Å². The maximum absolute atomic E-state index is 9.81. The molecule has 1 nitrogen and oxygen atoms in total. The third-order valence-electron chi connectivity index (χ3n) is 2.57. The van der Waals surface area contributed by atoms with Crippen LogP contribution in [0.3, 0.4) is 0 Å². The summed E-state index contributed by atoms with van der Waals surface area (Å²) in [7, 11) is 0. The number of ketones is 1. The number of hydrogen-bond acceptors (Lipinski definition) is 1. The molecule has 0 aliphatic heterocycles. The van der Waals surface area contributed by atoms with Gasteiger partial charge < -0.3 is 4.79 Å². The largest absolute Gasteiger partial charge is 0.300 e. The Morgan fingerprint density at radius 1 is 0.842 bits per heavy atom. The van der Waals surface area contributed by atoms with Crippen LogP contribution in [0.2, 0.25) is 0 Å². The van der Waals surface area contributed by atoms with E-state index in [4.69, 9.17) is 0 Å². The quantitative estimate of drug-likeness (QED) is 0.714. The van der Waals surface area contributed by atoms with Gasteiger partial charge in [0.1, 0.15) is 5.78 Å².